The Morgan fingerprint density at radius 2 is 1.68 bits per heavy atom. The van der Waals surface area contributed by atoms with Gasteiger partial charge in [0.1, 0.15) is 11.5 Å². The number of sulfonamides is 1. The molecule has 0 radical (unpaired) electrons. The molecule has 0 aliphatic rings. The zero-order valence-corrected chi connectivity index (χ0v) is 12.8. The smallest absolute Gasteiger partial charge is 0.269 e. The Morgan fingerprint density at radius 1 is 1.09 bits per heavy atom. The molecule has 0 aliphatic heterocycles. The highest BCUT2D eigenvalue weighted by molar-refractivity contribution is 7.89. The molecule has 2 aromatic carbocycles. The van der Waals surface area contributed by atoms with Crippen LogP contribution in [0.3, 0.4) is 0 Å². The predicted molar refractivity (Wildman–Crippen MR) is 80.6 cm³/mol. The fraction of sp³-hybridized carbons (Fsp3) is 0.143. The number of ether oxygens (including phenoxy) is 1. The van der Waals surface area contributed by atoms with Crippen molar-refractivity contribution in [1.82, 2.24) is 4.72 Å². The van der Waals surface area contributed by atoms with E-state index in [9.17, 15) is 18.5 Å². The first kappa shape index (κ1) is 15.9. The van der Waals surface area contributed by atoms with Gasteiger partial charge in [-0.25, -0.2) is 13.1 Å². The quantitative estimate of drug-likeness (QED) is 0.674. The minimum Gasteiger partial charge on any atom is -0.457 e. The minimum atomic E-state index is -3.58. The van der Waals surface area contributed by atoms with Gasteiger partial charge in [0.2, 0.25) is 10.0 Å². The Hall–Kier alpha value is -2.45. The van der Waals surface area contributed by atoms with Crippen molar-refractivity contribution >= 4 is 15.7 Å². The van der Waals surface area contributed by atoms with Crippen LogP contribution in [0.25, 0.3) is 0 Å². The maximum absolute atomic E-state index is 11.9. The van der Waals surface area contributed by atoms with Gasteiger partial charge in [-0.3, -0.25) is 10.1 Å². The van der Waals surface area contributed by atoms with Crippen LogP contribution in [0.2, 0.25) is 0 Å². The number of rotatable bonds is 5. The van der Waals surface area contributed by atoms with Crippen LogP contribution in [0.5, 0.6) is 11.5 Å². The number of non-ortho nitro benzene ring substituents is 1. The van der Waals surface area contributed by atoms with Crippen LogP contribution < -0.4 is 9.46 Å². The van der Waals surface area contributed by atoms with Gasteiger partial charge < -0.3 is 4.74 Å². The summed E-state index contributed by atoms with van der Waals surface area (Å²) in [7, 11) is -2.25. The average molecular weight is 322 g/mol. The topological polar surface area (TPSA) is 98.5 Å². The lowest BCUT2D eigenvalue weighted by atomic mass is 10.2. The summed E-state index contributed by atoms with van der Waals surface area (Å²) in [4.78, 5) is 10.2. The maximum Gasteiger partial charge on any atom is 0.269 e. The highest BCUT2D eigenvalue weighted by atomic mass is 32.2. The van der Waals surface area contributed by atoms with Gasteiger partial charge in [0.05, 0.1) is 9.82 Å². The van der Waals surface area contributed by atoms with Crippen molar-refractivity contribution in [3.8, 4) is 11.5 Å². The standard InChI is InChI=1S/C14H14N2O5S/c1-10-3-6-13(9-14(10)22(19,20)15-2)21-12-7-4-11(5-8-12)16(17)18/h3-9,15H,1-2H3. The van der Waals surface area contributed by atoms with E-state index in [1.54, 1.807) is 19.1 Å². The molecule has 0 unspecified atom stereocenters. The molecular weight excluding hydrogens is 308 g/mol. The Labute approximate surface area is 127 Å². The molecule has 116 valence electrons. The van der Waals surface area contributed by atoms with Gasteiger partial charge in [-0.1, -0.05) is 6.07 Å². The molecule has 8 heteroatoms. The number of nitro benzene ring substituents is 1. The highest BCUT2D eigenvalue weighted by Gasteiger charge is 2.16. The van der Waals surface area contributed by atoms with Gasteiger partial charge in [-0.15, -0.1) is 0 Å². The molecule has 0 spiro atoms. The largest absolute Gasteiger partial charge is 0.457 e. The first-order valence-electron chi connectivity index (χ1n) is 6.30. The minimum absolute atomic E-state index is 0.0466. The molecule has 0 amide bonds. The van der Waals surface area contributed by atoms with Crippen LogP contribution in [0, 0.1) is 17.0 Å². The van der Waals surface area contributed by atoms with E-state index in [1.165, 1.54) is 37.4 Å². The Bertz CT molecular complexity index is 800. The van der Waals surface area contributed by atoms with Crippen LogP contribution in [0.15, 0.2) is 47.4 Å². The number of aryl methyl sites for hydroxylation is 1. The van der Waals surface area contributed by atoms with E-state index in [-0.39, 0.29) is 10.6 Å². The summed E-state index contributed by atoms with van der Waals surface area (Å²) in [5.74, 6) is 0.704. The van der Waals surface area contributed by atoms with Gasteiger partial charge in [-0.05, 0) is 37.7 Å². The molecule has 0 heterocycles. The summed E-state index contributed by atoms with van der Waals surface area (Å²) < 4.78 is 31.6. The van der Waals surface area contributed by atoms with Gasteiger partial charge in [0.25, 0.3) is 5.69 Å². The zero-order chi connectivity index (χ0) is 16.3. The fourth-order valence-corrected chi connectivity index (χ4v) is 2.80. The summed E-state index contributed by atoms with van der Waals surface area (Å²) in [5, 5.41) is 10.6. The van der Waals surface area contributed by atoms with E-state index in [1.807, 2.05) is 0 Å². The van der Waals surface area contributed by atoms with Crippen molar-refractivity contribution in [3.05, 3.63) is 58.1 Å². The second-order valence-corrected chi connectivity index (χ2v) is 6.34. The average Bonchev–Trinajstić information content (AvgIpc) is 2.49. The van der Waals surface area contributed by atoms with Crippen molar-refractivity contribution in [2.45, 2.75) is 11.8 Å². The fourth-order valence-electron chi connectivity index (χ4n) is 1.82. The Kier molecular flexibility index (Phi) is 4.43. The van der Waals surface area contributed by atoms with Gasteiger partial charge >= 0.3 is 0 Å². The Morgan fingerprint density at radius 3 is 2.23 bits per heavy atom. The molecule has 7 nitrogen and oxygen atoms in total. The van der Waals surface area contributed by atoms with E-state index >= 15 is 0 Å². The lowest BCUT2D eigenvalue weighted by Gasteiger charge is -2.10. The molecule has 0 atom stereocenters. The summed E-state index contributed by atoms with van der Waals surface area (Å²) in [5.41, 5.74) is 0.542. The molecular formula is C14H14N2O5S. The summed E-state index contributed by atoms with van der Waals surface area (Å²) >= 11 is 0. The van der Waals surface area contributed by atoms with Crippen molar-refractivity contribution in [2.24, 2.45) is 0 Å². The molecule has 0 saturated heterocycles. The zero-order valence-electron chi connectivity index (χ0n) is 11.9. The first-order chi connectivity index (χ1) is 10.3. The van der Waals surface area contributed by atoms with Gasteiger partial charge in [0, 0.05) is 18.2 Å². The molecule has 0 aromatic heterocycles. The summed E-state index contributed by atoms with van der Waals surface area (Å²) in [6.07, 6.45) is 0. The number of benzene rings is 2. The van der Waals surface area contributed by atoms with Crippen molar-refractivity contribution in [1.29, 1.82) is 0 Å². The predicted octanol–water partition coefficient (Wildman–Crippen LogP) is 2.60. The van der Waals surface area contributed by atoms with E-state index in [0.29, 0.717) is 17.1 Å². The monoisotopic (exact) mass is 322 g/mol. The van der Waals surface area contributed by atoms with Crippen molar-refractivity contribution in [3.63, 3.8) is 0 Å². The number of nitro groups is 1. The van der Waals surface area contributed by atoms with Crippen LogP contribution in [0.4, 0.5) is 5.69 Å². The second kappa shape index (κ2) is 6.12. The number of nitrogens with one attached hydrogen (secondary N) is 1. The highest BCUT2D eigenvalue weighted by Crippen LogP contribution is 2.27. The van der Waals surface area contributed by atoms with E-state index in [0.717, 1.165) is 0 Å². The third-order valence-electron chi connectivity index (χ3n) is 3.00. The lowest BCUT2D eigenvalue weighted by Crippen LogP contribution is -2.19. The van der Waals surface area contributed by atoms with Crippen molar-refractivity contribution < 1.29 is 18.1 Å². The number of hydrogen-bond acceptors (Lipinski definition) is 5. The molecule has 0 aliphatic carbocycles. The molecule has 2 aromatic rings. The summed E-state index contributed by atoms with van der Waals surface area (Å²) in [6, 6.07) is 10.2. The van der Waals surface area contributed by atoms with E-state index < -0.39 is 14.9 Å². The Balaban J connectivity index is 2.31. The van der Waals surface area contributed by atoms with Crippen LogP contribution >= 0.6 is 0 Å². The summed E-state index contributed by atoms with van der Waals surface area (Å²) in [6.45, 7) is 1.68. The van der Waals surface area contributed by atoms with E-state index in [2.05, 4.69) is 4.72 Å². The first-order valence-corrected chi connectivity index (χ1v) is 7.78. The SMILES string of the molecule is CNS(=O)(=O)c1cc(Oc2ccc([N+](=O)[O-])cc2)ccc1C. The van der Waals surface area contributed by atoms with Crippen molar-refractivity contribution in [2.75, 3.05) is 7.05 Å². The van der Waals surface area contributed by atoms with Crippen LogP contribution in [-0.4, -0.2) is 20.4 Å². The van der Waals surface area contributed by atoms with E-state index in [4.69, 9.17) is 4.74 Å². The normalized spacial score (nSPS) is 11.2. The molecule has 1 N–H and O–H groups in total. The molecule has 0 bridgehead atoms. The second-order valence-electron chi connectivity index (χ2n) is 4.49. The van der Waals surface area contributed by atoms with Gasteiger partial charge in [0.15, 0.2) is 0 Å². The maximum atomic E-state index is 11.9. The van der Waals surface area contributed by atoms with Crippen LogP contribution in [0.1, 0.15) is 5.56 Å². The molecule has 0 fully saturated rings. The van der Waals surface area contributed by atoms with Gasteiger partial charge in [-0.2, -0.15) is 0 Å². The van der Waals surface area contributed by atoms with Crippen LogP contribution in [-0.2, 0) is 10.0 Å². The molecule has 22 heavy (non-hydrogen) atoms. The molecule has 0 saturated carbocycles. The third kappa shape index (κ3) is 3.41. The number of hydrogen-bond donors (Lipinski definition) is 1. The number of nitrogens with zero attached hydrogens (tertiary/aromatic N) is 1. The molecule has 2 rings (SSSR count). The lowest BCUT2D eigenvalue weighted by molar-refractivity contribution is -0.384. The third-order valence-corrected chi connectivity index (χ3v) is 4.56.